The van der Waals surface area contributed by atoms with E-state index in [2.05, 4.69) is 15.4 Å². The third kappa shape index (κ3) is 4.84. The van der Waals surface area contributed by atoms with Crippen molar-refractivity contribution in [2.75, 3.05) is 21.1 Å². The van der Waals surface area contributed by atoms with Crippen LogP contribution in [0.25, 0.3) is 17.0 Å². The van der Waals surface area contributed by atoms with E-state index >= 15 is 0 Å². The number of amides is 2. The summed E-state index contributed by atoms with van der Waals surface area (Å²) in [6.45, 7) is -0.114. The van der Waals surface area contributed by atoms with E-state index in [-0.39, 0.29) is 22.9 Å². The van der Waals surface area contributed by atoms with Crippen molar-refractivity contribution >= 4 is 45.7 Å². The lowest BCUT2D eigenvalue weighted by Gasteiger charge is -2.16. The topological polar surface area (TPSA) is 79.6 Å². The number of aliphatic imine (C=N–C) groups is 1. The molecule has 2 amide bonds. The number of amidine groups is 1. The molecule has 0 saturated carbocycles. The Hall–Kier alpha value is -3.60. The molecule has 0 unspecified atom stereocenters. The second kappa shape index (κ2) is 8.98. The molecule has 0 aliphatic carbocycles. The van der Waals surface area contributed by atoms with Crippen molar-refractivity contribution in [1.29, 1.82) is 0 Å². The fraction of sp³-hybridized carbons (Fsp3) is 0.217. The van der Waals surface area contributed by atoms with Gasteiger partial charge in [0.15, 0.2) is 0 Å². The number of hydrogen-bond acceptors (Lipinski definition) is 5. The number of aromatic nitrogens is 2. The largest absolute Gasteiger partial charge is 0.416 e. The van der Waals surface area contributed by atoms with E-state index in [1.807, 2.05) is 18.2 Å². The van der Waals surface area contributed by atoms with Gasteiger partial charge in [-0.1, -0.05) is 12.1 Å². The number of nitrogens with one attached hydrogen (secondary N) is 1. The van der Waals surface area contributed by atoms with Crippen molar-refractivity contribution in [2.45, 2.75) is 12.7 Å². The van der Waals surface area contributed by atoms with Gasteiger partial charge in [-0.25, -0.2) is 0 Å². The van der Waals surface area contributed by atoms with Gasteiger partial charge >= 0.3 is 6.18 Å². The predicted octanol–water partition coefficient (Wildman–Crippen LogP) is 4.63. The quantitative estimate of drug-likeness (QED) is 0.582. The van der Waals surface area contributed by atoms with Crippen LogP contribution in [0.4, 0.5) is 18.0 Å². The van der Waals surface area contributed by atoms with Gasteiger partial charge < -0.3 is 10.2 Å². The molecule has 1 aliphatic heterocycles. The minimum atomic E-state index is -4.62. The number of rotatable bonds is 4. The van der Waals surface area contributed by atoms with Gasteiger partial charge in [-0.3, -0.25) is 19.3 Å². The zero-order valence-corrected chi connectivity index (χ0v) is 19.3. The molecule has 1 aliphatic rings. The average molecular weight is 488 g/mol. The van der Waals surface area contributed by atoms with Crippen LogP contribution in [-0.4, -0.2) is 52.8 Å². The first-order chi connectivity index (χ1) is 16.0. The van der Waals surface area contributed by atoms with E-state index in [9.17, 15) is 22.8 Å². The van der Waals surface area contributed by atoms with E-state index in [0.29, 0.717) is 16.3 Å². The lowest BCUT2D eigenvalue weighted by Crippen LogP contribution is -2.23. The van der Waals surface area contributed by atoms with Crippen LogP contribution in [0.1, 0.15) is 27.0 Å². The highest BCUT2D eigenvalue weighted by atomic mass is 32.2. The van der Waals surface area contributed by atoms with Crippen molar-refractivity contribution in [1.82, 2.24) is 20.0 Å². The van der Waals surface area contributed by atoms with Crippen molar-refractivity contribution < 1.29 is 22.8 Å². The lowest BCUT2D eigenvalue weighted by molar-refractivity contribution is -0.138. The molecular formula is C23H20F3N5O2S. The van der Waals surface area contributed by atoms with E-state index in [1.165, 1.54) is 35.8 Å². The molecule has 2 aromatic carbocycles. The monoisotopic (exact) mass is 487 g/mol. The van der Waals surface area contributed by atoms with Crippen LogP contribution in [-0.2, 0) is 12.7 Å². The Morgan fingerprint density at radius 3 is 2.68 bits per heavy atom. The number of carbonyl (C=O) groups is 2. The van der Waals surface area contributed by atoms with Gasteiger partial charge in [-0.05, 0) is 53.2 Å². The number of fused-ring (bicyclic) bond motifs is 1. The number of halogens is 3. The minimum absolute atomic E-state index is 0.00805. The first-order valence-electron chi connectivity index (χ1n) is 10.1. The molecule has 11 heteroatoms. The number of alkyl halides is 3. The van der Waals surface area contributed by atoms with Gasteiger partial charge in [0.25, 0.3) is 11.1 Å². The molecular weight excluding hydrogens is 467 g/mol. The van der Waals surface area contributed by atoms with Gasteiger partial charge in [0.1, 0.15) is 5.84 Å². The van der Waals surface area contributed by atoms with Crippen molar-refractivity contribution in [3.05, 3.63) is 69.8 Å². The molecule has 34 heavy (non-hydrogen) atoms. The molecule has 1 aromatic heterocycles. The fourth-order valence-corrected chi connectivity index (χ4v) is 4.34. The molecule has 3 aromatic rings. The molecule has 0 radical (unpaired) electrons. The molecule has 0 atom stereocenters. The Morgan fingerprint density at radius 1 is 1.24 bits per heavy atom. The van der Waals surface area contributed by atoms with Crippen LogP contribution in [0.5, 0.6) is 0 Å². The van der Waals surface area contributed by atoms with Gasteiger partial charge in [0.2, 0.25) is 0 Å². The van der Waals surface area contributed by atoms with Crippen molar-refractivity contribution in [3.8, 4) is 0 Å². The normalized spacial score (nSPS) is 16.5. The standard InChI is InChI=1S/C23H20F3N5O2S/c1-27-20-19(34-22(33)28-20)9-13-4-7-18-16(8-13)12-31(29-18)11-15-6-5-14(21(32)30(2)3)10-17(15)23(24,25)26/h4-10,12H,11H2,1-3H3,(H,27,28,33)/b19-9-. The highest BCUT2D eigenvalue weighted by Crippen LogP contribution is 2.34. The summed E-state index contributed by atoms with van der Waals surface area (Å²) in [4.78, 5) is 29.7. The number of hydrogen-bond donors (Lipinski definition) is 1. The summed E-state index contributed by atoms with van der Waals surface area (Å²) in [6.07, 6.45) is -1.15. The maximum absolute atomic E-state index is 13.7. The zero-order chi connectivity index (χ0) is 24.6. The summed E-state index contributed by atoms with van der Waals surface area (Å²) in [5, 5.41) is 7.57. The van der Waals surface area contributed by atoms with E-state index in [1.54, 1.807) is 19.3 Å². The molecule has 1 saturated heterocycles. The summed E-state index contributed by atoms with van der Waals surface area (Å²) < 4.78 is 42.6. The summed E-state index contributed by atoms with van der Waals surface area (Å²) in [5.74, 6) is -0.0150. The summed E-state index contributed by atoms with van der Waals surface area (Å²) in [6, 6.07) is 9.00. The van der Waals surface area contributed by atoms with Gasteiger partial charge in [0, 0.05) is 38.3 Å². The van der Waals surface area contributed by atoms with Crippen molar-refractivity contribution in [3.63, 3.8) is 0 Å². The smallest absolute Gasteiger partial charge is 0.345 e. The first kappa shape index (κ1) is 23.6. The van der Waals surface area contributed by atoms with Crippen molar-refractivity contribution in [2.24, 2.45) is 4.99 Å². The first-order valence-corrected chi connectivity index (χ1v) is 10.9. The highest BCUT2D eigenvalue weighted by molar-refractivity contribution is 8.18. The predicted molar refractivity (Wildman–Crippen MR) is 126 cm³/mol. The number of thioether (sulfide) groups is 1. The van der Waals surface area contributed by atoms with Crippen LogP contribution in [0.2, 0.25) is 0 Å². The third-order valence-electron chi connectivity index (χ3n) is 5.15. The van der Waals surface area contributed by atoms with Crippen LogP contribution >= 0.6 is 11.8 Å². The zero-order valence-electron chi connectivity index (χ0n) is 18.5. The SMILES string of the molecule is CN=C1NC(=O)S/C1=C\c1ccc2nn(Cc3ccc(C(=O)N(C)C)cc3C(F)(F)F)cc2c1. The van der Waals surface area contributed by atoms with Crippen LogP contribution in [0.15, 0.2) is 52.5 Å². The second-order valence-corrected chi connectivity index (χ2v) is 8.82. The van der Waals surface area contributed by atoms with Crippen LogP contribution in [0, 0.1) is 0 Å². The molecule has 4 rings (SSSR count). The van der Waals surface area contributed by atoms with Gasteiger partial charge in [-0.15, -0.1) is 0 Å². The summed E-state index contributed by atoms with van der Waals surface area (Å²) in [5.41, 5.74) is 0.528. The molecule has 1 fully saturated rings. The van der Waals surface area contributed by atoms with Crippen LogP contribution < -0.4 is 5.32 Å². The van der Waals surface area contributed by atoms with Gasteiger partial charge in [-0.2, -0.15) is 18.3 Å². The maximum atomic E-state index is 13.7. The molecule has 1 N–H and O–H groups in total. The van der Waals surface area contributed by atoms with Gasteiger partial charge in [0.05, 0.1) is 22.5 Å². The lowest BCUT2D eigenvalue weighted by atomic mass is 10.0. The number of benzene rings is 2. The number of carbonyl (C=O) groups excluding carboxylic acids is 2. The Kier molecular flexibility index (Phi) is 6.22. The Labute approximate surface area is 197 Å². The molecule has 7 nitrogen and oxygen atoms in total. The van der Waals surface area contributed by atoms with Crippen LogP contribution in [0.3, 0.4) is 0 Å². The fourth-order valence-electron chi connectivity index (χ4n) is 3.56. The highest BCUT2D eigenvalue weighted by Gasteiger charge is 2.34. The average Bonchev–Trinajstić information content (AvgIpc) is 3.34. The molecule has 0 spiro atoms. The maximum Gasteiger partial charge on any atom is 0.416 e. The second-order valence-electron chi connectivity index (χ2n) is 7.81. The number of nitrogens with zero attached hydrogens (tertiary/aromatic N) is 4. The molecule has 0 bridgehead atoms. The Balaban J connectivity index is 1.65. The third-order valence-corrected chi connectivity index (χ3v) is 5.97. The van der Waals surface area contributed by atoms with E-state index < -0.39 is 17.6 Å². The summed E-state index contributed by atoms with van der Waals surface area (Å²) in [7, 11) is 4.55. The molecule has 2 heterocycles. The summed E-state index contributed by atoms with van der Waals surface area (Å²) >= 11 is 1.04. The Morgan fingerprint density at radius 2 is 2.00 bits per heavy atom. The molecule has 176 valence electrons. The minimum Gasteiger partial charge on any atom is -0.345 e. The van der Waals surface area contributed by atoms with E-state index in [4.69, 9.17) is 0 Å². The Bertz CT molecular complexity index is 1360. The van der Waals surface area contributed by atoms with E-state index in [0.717, 1.165) is 28.8 Å².